The lowest BCUT2D eigenvalue weighted by Gasteiger charge is -2.62. The standard InChI is InChI=1S/C26H34F2O6/c1-5-6-21(33)34-26(20(32)13-29)14(2)11-17-15-7-8-16-22(27)18(30)9-10-23(16,3)25(15,28)19(31)12-24(17,26)4/h9-10,14-15,17,19,29,31H,5-8,11-13H2,1-4H3/t14-,15+,17+,19+,23+,24+,25+,26-/m1/s1. The number of ketones is 2. The van der Waals surface area contributed by atoms with Gasteiger partial charge in [-0.2, -0.15) is 0 Å². The third-order valence-electron chi connectivity index (χ3n) is 9.56. The average Bonchev–Trinajstić information content (AvgIpc) is 2.99. The van der Waals surface area contributed by atoms with Gasteiger partial charge < -0.3 is 14.9 Å². The van der Waals surface area contributed by atoms with E-state index in [1.54, 1.807) is 13.8 Å². The molecular formula is C26H34F2O6. The van der Waals surface area contributed by atoms with E-state index in [9.17, 15) is 29.0 Å². The van der Waals surface area contributed by atoms with Crippen molar-refractivity contribution >= 4 is 17.5 Å². The summed E-state index contributed by atoms with van der Waals surface area (Å²) in [6, 6.07) is 0. The molecule has 4 aliphatic rings. The SMILES string of the molecule is CCCC(=O)O[C@@]1(C(=O)CO)[C@H](C)C[C@H]2[C@@H]3CCC4=C(F)C(=O)C=C[C@]4(C)[C@@]3(F)[C@@H](O)C[C@@]21C. The Balaban J connectivity index is 1.85. The molecule has 188 valence electrons. The molecule has 6 nitrogen and oxygen atoms in total. The molecule has 0 unspecified atom stereocenters. The van der Waals surface area contributed by atoms with Crippen molar-refractivity contribution in [1.82, 2.24) is 0 Å². The quantitative estimate of drug-likeness (QED) is 0.584. The maximum atomic E-state index is 17.2. The van der Waals surface area contributed by atoms with Gasteiger partial charge in [0.1, 0.15) is 6.61 Å². The first-order valence-corrected chi connectivity index (χ1v) is 12.2. The van der Waals surface area contributed by atoms with Crippen LogP contribution in [-0.2, 0) is 19.1 Å². The van der Waals surface area contributed by atoms with Gasteiger partial charge in [0.2, 0.25) is 11.6 Å². The van der Waals surface area contributed by atoms with Crippen LogP contribution in [0, 0.1) is 28.6 Å². The fraction of sp³-hybridized carbons (Fsp3) is 0.731. The molecule has 0 aromatic carbocycles. The van der Waals surface area contributed by atoms with Gasteiger partial charge in [-0.1, -0.05) is 26.8 Å². The summed E-state index contributed by atoms with van der Waals surface area (Å²) in [5, 5.41) is 21.2. The molecule has 34 heavy (non-hydrogen) atoms. The van der Waals surface area contributed by atoms with Crippen molar-refractivity contribution in [3.05, 3.63) is 23.6 Å². The van der Waals surface area contributed by atoms with Gasteiger partial charge in [0.25, 0.3) is 0 Å². The molecule has 3 fully saturated rings. The number of carbonyl (C=O) groups excluding carboxylic acids is 3. The molecule has 2 N–H and O–H groups in total. The van der Waals surface area contributed by atoms with Crippen molar-refractivity contribution in [1.29, 1.82) is 0 Å². The molecule has 8 atom stereocenters. The molecule has 0 aromatic rings. The zero-order valence-corrected chi connectivity index (χ0v) is 20.2. The zero-order valence-electron chi connectivity index (χ0n) is 20.2. The lowest BCUT2D eigenvalue weighted by molar-refractivity contribution is -0.228. The Morgan fingerprint density at radius 2 is 1.94 bits per heavy atom. The van der Waals surface area contributed by atoms with Crippen molar-refractivity contribution < 1.29 is 38.1 Å². The molecule has 0 aliphatic heterocycles. The number of halogens is 2. The Morgan fingerprint density at radius 1 is 1.26 bits per heavy atom. The monoisotopic (exact) mass is 480 g/mol. The van der Waals surface area contributed by atoms with Crippen LogP contribution in [0.25, 0.3) is 0 Å². The average molecular weight is 481 g/mol. The summed E-state index contributed by atoms with van der Waals surface area (Å²) in [5.41, 5.74) is -6.53. The van der Waals surface area contributed by atoms with Crippen molar-refractivity contribution in [2.45, 2.75) is 83.6 Å². The van der Waals surface area contributed by atoms with Crippen LogP contribution in [0.5, 0.6) is 0 Å². The summed E-state index contributed by atoms with van der Waals surface area (Å²) in [6.07, 6.45) is 1.90. The number of aliphatic hydroxyl groups excluding tert-OH is 2. The number of ether oxygens (including phenoxy) is 1. The molecule has 3 saturated carbocycles. The molecule has 8 heteroatoms. The van der Waals surface area contributed by atoms with Crippen LogP contribution in [0.3, 0.4) is 0 Å². The second kappa shape index (κ2) is 8.05. The van der Waals surface area contributed by atoms with E-state index in [4.69, 9.17) is 4.74 Å². The van der Waals surface area contributed by atoms with Crippen molar-refractivity contribution in [3.8, 4) is 0 Å². The highest BCUT2D eigenvalue weighted by atomic mass is 19.1. The third-order valence-corrected chi connectivity index (χ3v) is 9.56. The molecule has 4 aliphatic carbocycles. The maximum Gasteiger partial charge on any atom is 0.306 e. The fourth-order valence-electron chi connectivity index (χ4n) is 8.03. The van der Waals surface area contributed by atoms with E-state index in [-0.39, 0.29) is 31.3 Å². The fourth-order valence-corrected chi connectivity index (χ4v) is 8.03. The van der Waals surface area contributed by atoms with Crippen molar-refractivity contribution in [2.75, 3.05) is 6.61 Å². The van der Waals surface area contributed by atoms with Crippen LogP contribution in [0.1, 0.15) is 66.2 Å². The van der Waals surface area contributed by atoms with Gasteiger partial charge >= 0.3 is 5.97 Å². The number of Topliss-reactive ketones (excluding diaryl/α,β-unsaturated/α-hetero) is 1. The van der Waals surface area contributed by atoms with Gasteiger partial charge in [0, 0.05) is 29.1 Å². The van der Waals surface area contributed by atoms with Crippen LogP contribution in [0.2, 0.25) is 0 Å². The van der Waals surface area contributed by atoms with E-state index >= 15 is 4.39 Å². The number of aliphatic hydroxyl groups is 2. The van der Waals surface area contributed by atoms with Crippen molar-refractivity contribution in [2.24, 2.45) is 28.6 Å². The molecule has 0 saturated heterocycles. The Labute approximate surface area is 198 Å². The predicted molar refractivity (Wildman–Crippen MR) is 119 cm³/mol. The molecule has 0 radical (unpaired) electrons. The zero-order chi connectivity index (χ0) is 25.3. The minimum Gasteiger partial charge on any atom is -0.450 e. The predicted octanol–water partition coefficient (Wildman–Crippen LogP) is 3.54. The summed E-state index contributed by atoms with van der Waals surface area (Å²) in [6.45, 7) is 5.99. The van der Waals surface area contributed by atoms with Gasteiger partial charge in [0.05, 0.1) is 6.10 Å². The Morgan fingerprint density at radius 3 is 2.56 bits per heavy atom. The van der Waals surface area contributed by atoms with E-state index in [0.29, 0.717) is 12.8 Å². The third kappa shape index (κ3) is 2.87. The van der Waals surface area contributed by atoms with E-state index in [1.807, 2.05) is 6.92 Å². The smallest absolute Gasteiger partial charge is 0.306 e. The highest BCUT2D eigenvalue weighted by molar-refractivity contribution is 6.04. The minimum atomic E-state index is -2.27. The molecular weight excluding hydrogens is 446 g/mol. The summed E-state index contributed by atoms with van der Waals surface area (Å²) < 4.78 is 37.9. The summed E-state index contributed by atoms with van der Waals surface area (Å²) in [5.74, 6) is -4.71. The number of fused-ring (bicyclic) bond motifs is 5. The maximum absolute atomic E-state index is 17.2. The number of esters is 1. The van der Waals surface area contributed by atoms with E-state index in [2.05, 4.69) is 0 Å². The first-order chi connectivity index (χ1) is 15.8. The van der Waals surface area contributed by atoms with Gasteiger partial charge in [-0.3, -0.25) is 14.4 Å². The van der Waals surface area contributed by atoms with Crippen LogP contribution in [-0.4, -0.2) is 51.7 Å². The first-order valence-electron chi connectivity index (χ1n) is 12.2. The Bertz CT molecular complexity index is 990. The molecule has 0 bridgehead atoms. The Hall–Kier alpha value is -1.93. The lowest BCUT2D eigenvalue weighted by Crippen LogP contribution is -2.70. The van der Waals surface area contributed by atoms with Gasteiger partial charge in [-0.15, -0.1) is 0 Å². The number of alkyl halides is 1. The second-order valence-electron chi connectivity index (χ2n) is 11.0. The van der Waals surface area contributed by atoms with Gasteiger partial charge in [-0.05, 0) is 56.6 Å². The summed E-state index contributed by atoms with van der Waals surface area (Å²) in [7, 11) is 0. The van der Waals surface area contributed by atoms with Gasteiger partial charge in [-0.25, -0.2) is 8.78 Å². The van der Waals surface area contributed by atoms with Crippen LogP contribution in [0.15, 0.2) is 23.6 Å². The van der Waals surface area contributed by atoms with E-state index in [0.717, 1.165) is 6.08 Å². The normalized spacial score (nSPS) is 45.5. The minimum absolute atomic E-state index is 0.0690. The van der Waals surface area contributed by atoms with Crippen molar-refractivity contribution in [3.63, 3.8) is 0 Å². The lowest BCUT2D eigenvalue weighted by atomic mass is 9.44. The topological polar surface area (TPSA) is 101 Å². The highest BCUT2D eigenvalue weighted by Crippen LogP contribution is 2.71. The largest absolute Gasteiger partial charge is 0.450 e. The number of hydrogen-bond acceptors (Lipinski definition) is 6. The number of allylic oxidation sites excluding steroid dienone is 4. The summed E-state index contributed by atoms with van der Waals surface area (Å²) >= 11 is 0. The highest BCUT2D eigenvalue weighted by Gasteiger charge is 2.77. The number of hydrogen-bond donors (Lipinski definition) is 2. The summed E-state index contributed by atoms with van der Waals surface area (Å²) in [4.78, 5) is 37.8. The molecule has 0 amide bonds. The molecule has 4 rings (SSSR count). The van der Waals surface area contributed by atoms with Crippen LogP contribution in [0.4, 0.5) is 8.78 Å². The molecule has 0 heterocycles. The van der Waals surface area contributed by atoms with E-state index < -0.39 is 75.9 Å². The number of carbonyl (C=O) groups is 3. The van der Waals surface area contributed by atoms with Crippen LogP contribution < -0.4 is 0 Å². The number of rotatable bonds is 5. The van der Waals surface area contributed by atoms with Crippen LogP contribution >= 0.6 is 0 Å². The second-order valence-corrected chi connectivity index (χ2v) is 11.0. The molecule has 0 spiro atoms. The van der Waals surface area contributed by atoms with E-state index in [1.165, 1.54) is 13.0 Å². The molecule has 0 aromatic heterocycles. The Kier molecular flexibility index (Phi) is 5.96. The first kappa shape index (κ1) is 25.2. The van der Waals surface area contributed by atoms with Gasteiger partial charge in [0.15, 0.2) is 17.1 Å².